The van der Waals surface area contributed by atoms with E-state index in [1.807, 2.05) is 12.1 Å². The highest BCUT2D eigenvalue weighted by atomic mass is 16.5. The van der Waals surface area contributed by atoms with Gasteiger partial charge < -0.3 is 10.1 Å². The average Bonchev–Trinajstić information content (AvgIpc) is 2.35. The van der Waals surface area contributed by atoms with Gasteiger partial charge >= 0.3 is 0 Å². The Morgan fingerprint density at radius 1 is 1.28 bits per heavy atom. The fraction of sp³-hybridized carbons (Fsp3) is 0.625. The van der Waals surface area contributed by atoms with Crippen LogP contribution in [0.4, 0.5) is 0 Å². The second kappa shape index (κ2) is 6.79. The molecule has 0 aromatic heterocycles. The maximum atomic E-state index is 5.47. The Kier molecular flexibility index (Phi) is 5.67. The van der Waals surface area contributed by atoms with Crippen molar-refractivity contribution in [2.45, 2.75) is 52.0 Å². The van der Waals surface area contributed by atoms with Gasteiger partial charge in [0.25, 0.3) is 0 Å². The quantitative estimate of drug-likeness (QED) is 0.794. The molecule has 1 aromatic rings. The first-order valence-electron chi connectivity index (χ1n) is 6.88. The molecule has 1 aromatic carbocycles. The minimum Gasteiger partial charge on any atom is -0.496 e. The van der Waals surface area contributed by atoms with Gasteiger partial charge in [0.05, 0.1) is 7.11 Å². The Morgan fingerprint density at radius 2 is 1.94 bits per heavy atom. The first kappa shape index (κ1) is 15.0. The summed E-state index contributed by atoms with van der Waals surface area (Å²) in [7, 11) is 1.74. The number of ether oxygens (including phenoxy) is 1. The molecule has 0 aliphatic heterocycles. The zero-order valence-corrected chi connectivity index (χ0v) is 12.4. The van der Waals surface area contributed by atoms with Crippen LogP contribution >= 0.6 is 0 Å². The number of rotatable bonds is 7. The van der Waals surface area contributed by atoms with E-state index in [1.165, 1.54) is 12.0 Å². The van der Waals surface area contributed by atoms with E-state index in [1.54, 1.807) is 7.11 Å². The van der Waals surface area contributed by atoms with Crippen molar-refractivity contribution >= 4 is 0 Å². The minimum absolute atomic E-state index is 0.118. The van der Waals surface area contributed by atoms with Crippen LogP contribution in [0.2, 0.25) is 0 Å². The Labute approximate surface area is 112 Å². The molecule has 1 atom stereocenters. The van der Waals surface area contributed by atoms with Gasteiger partial charge in [0, 0.05) is 6.04 Å². The van der Waals surface area contributed by atoms with Crippen molar-refractivity contribution < 1.29 is 4.74 Å². The van der Waals surface area contributed by atoms with Crippen LogP contribution in [0, 0.1) is 0 Å². The number of methoxy groups -OCH3 is 1. The first-order chi connectivity index (χ1) is 8.51. The summed E-state index contributed by atoms with van der Waals surface area (Å²) in [5.74, 6) is 0.991. The largest absolute Gasteiger partial charge is 0.496 e. The monoisotopic (exact) mass is 249 g/mol. The van der Waals surface area contributed by atoms with E-state index in [0.29, 0.717) is 6.04 Å². The fourth-order valence-electron chi connectivity index (χ4n) is 2.54. The molecule has 1 rings (SSSR count). The predicted molar refractivity (Wildman–Crippen MR) is 78.4 cm³/mol. The predicted octanol–water partition coefficient (Wildman–Crippen LogP) is 3.75. The molecule has 1 unspecified atom stereocenters. The second-order valence-electron chi connectivity index (χ2n) is 5.64. The van der Waals surface area contributed by atoms with Crippen LogP contribution in [0.3, 0.4) is 0 Å². The molecule has 0 aliphatic rings. The van der Waals surface area contributed by atoms with Crippen molar-refractivity contribution in [3.8, 4) is 5.75 Å². The average molecular weight is 249 g/mol. The Morgan fingerprint density at radius 3 is 2.56 bits per heavy atom. The molecule has 18 heavy (non-hydrogen) atoms. The molecule has 102 valence electrons. The van der Waals surface area contributed by atoms with Crippen molar-refractivity contribution in [3.05, 3.63) is 29.8 Å². The third kappa shape index (κ3) is 4.02. The fourth-order valence-corrected chi connectivity index (χ4v) is 2.54. The number of benzene rings is 1. The first-order valence-corrected chi connectivity index (χ1v) is 6.88. The number of para-hydroxylation sites is 1. The maximum absolute atomic E-state index is 5.47. The lowest BCUT2D eigenvalue weighted by Gasteiger charge is -2.30. The summed E-state index contributed by atoms with van der Waals surface area (Å²) in [6, 6.07) is 8.85. The third-order valence-electron chi connectivity index (χ3n) is 3.40. The van der Waals surface area contributed by atoms with Crippen LogP contribution in [-0.4, -0.2) is 19.7 Å². The summed E-state index contributed by atoms with van der Waals surface area (Å²) < 4.78 is 5.47. The van der Waals surface area contributed by atoms with Crippen LogP contribution in [0.5, 0.6) is 5.75 Å². The smallest absolute Gasteiger partial charge is 0.122 e. The van der Waals surface area contributed by atoms with Gasteiger partial charge in [-0.2, -0.15) is 0 Å². The molecule has 0 aliphatic carbocycles. The van der Waals surface area contributed by atoms with Crippen LogP contribution in [-0.2, 0) is 5.41 Å². The molecule has 0 spiro atoms. The van der Waals surface area contributed by atoms with Crippen molar-refractivity contribution in [1.82, 2.24) is 5.32 Å². The summed E-state index contributed by atoms with van der Waals surface area (Å²) in [4.78, 5) is 0. The lowest BCUT2D eigenvalue weighted by molar-refractivity contribution is 0.359. The van der Waals surface area contributed by atoms with Crippen molar-refractivity contribution in [3.63, 3.8) is 0 Å². The summed E-state index contributed by atoms with van der Waals surface area (Å²) >= 11 is 0. The maximum Gasteiger partial charge on any atom is 0.122 e. The van der Waals surface area contributed by atoms with Gasteiger partial charge in [0.1, 0.15) is 5.75 Å². The SMILES string of the molecule is CCCNC(C)CC(C)(C)c1ccccc1OC. The van der Waals surface area contributed by atoms with Gasteiger partial charge in [0.2, 0.25) is 0 Å². The van der Waals surface area contributed by atoms with E-state index in [9.17, 15) is 0 Å². The standard InChI is InChI=1S/C16H27NO/c1-6-11-17-13(2)12-16(3,4)14-9-7-8-10-15(14)18-5/h7-10,13,17H,6,11-12H2,1-5H3. The van der Waals surface area contributed by atoms with Crippen molar-refractivity contribution in [2.75, 3.05) is 13.7 Å². The van der Waals surface area contributed by atoms with Crippen LogP contribution in [0.25, 0.3) is 0 Å². The van der Waals surface area contributed by atoms with Crippen LogP contribution in [0.15, 0.2) is 24.3 Å². The molecule has 0 fully saturated rings. The lowest BCUT2D eigenvalue weighted by atomic mass is 9.79. The van der Waals surface area contributed by atoms with Crippen LogP contribution < -0.4 is 10.1 Å². The molecule has 0 amide bonds. The van der Waals surface area contributed by atoms with Gasteiger partial charge in [-0.15, -0.1) is 0 Å². The van der Waals surface area contributed by atoms with E-state index in [0.717, 1.165) is 18.7 Å². The van der Waals surface area contributed by atoms with Gasteiger partial charge in [0.15, 0.2) is 0 Å². The summed E-state index contributed by atoms with van der Waals surface area (Å²) in [6.45, 7) is 10.1. The van der Waals surface area contributed by atoms with Crippen LogP contribution in [0.1, 0.15) is 46.1 Å². The van der Waals surface area contributed by atoms with E-state index in [4.69, 9.17) is 4.74 Å². The highest BCUT2D eigenvalue weighted by molar-refractivity contribution is 5.38. The molecular weight excluding hydrogens is 222 g/mol. The zero-order chi connectivity index (χ0) is 13.6. The molecule has 0 saturated carbocycles. The number of nitrogens with one attached hydrogen (secondary N) is 1. The van der Waals surface area contributed by atoms with Crippen molar-refractivity contribution in [1.29, 1.82) is 0 Å². The third-order valence-corrected chi connectivity index (χ3v) is 3.40. The van der Waals surface area contributed by atoms with E-state index >= 15 is 0 Å². The number of hydrogen-bond acceptors (Lipinski definition) is 2. The molecule has 2 nitrogen and oxygen atoms in total. The molecule has 0 bridgehead atoms. The molecule has 0 heterocycles. The van der Waals surface area contributed by atoms with Crippen molar-refractivity contribution in [2.24, 2.45) is 0 Å². The molecule has 2 heteroatoms. The minimum atomic E-state index is 0.118. The van der Waals surface area contributed by atoms with Gasteiger partial charge in [-0.05, 0) is 43.4 Å². The van der Waals surface area contributed by atoms with Gasteiger partial charge in [-0.1, -0.05) is 39.0 Å². The Balaban J connectivity index is 2.78. The van der Waals surface area contributed by atoms with E-state index in [-0.39, 0.29) is 5.41 Å². The van der Waals surface area contributed by atoms with E-state index in [2.05, 4.69) is 45.1 Å². The summed E-state index contributed by atoms with van der Waals surface area (Å²) in [5.41, 5.74) is 1.41. The second-order valence-corrected chi connectivity index (χ2v) is 5.64. The van der Waals surface area contributed by atoms with E-state index < -0.39 is 0 Å². The topological polar surface area (TPSA) is 21.3 Å². The Bertz CT molecular complexity index is 360. The van der Waals surface area contributed by atoms with Gasteiger partial charge in [-0.25, -0.2) is 0 Å². The molecule has 0 radical (unpaired) electrons. The Hall–Kier alpha value is -1.02. The highest BCUT2D eigenvalue weighted by Crippen LogP contribution is 2.34. The zero-order valence-electron chi connectivity index (χ0n) is 12.4. The molecule has 1 N–H and O–H groups in total. The number of hydrogen-bond donors (Lipinski definition) is 1. The van der Waals surface area contributed by atoms with Gasteiger partial charge in [-0.3, -0.25) is 0 Å². The lowest BCUT2D eigenvalue weighted by Crippen LogP contribution is -2.33. The summed E-state index contributed by atoms with van der Waals surface area (Å²) in [6.07, 6.45) is 2.28. The summed E-state index contributed by atoms with van der Waals surface area (Å²) in [5, 5.41) is 3.55. The normalized spacial score (nSPS) is 13.4. The molecular formula is C16H27NO. The molecule has 0 saturated heterocycles. The highest BCUT2D eigenvalue weighted by Gasteiger charge is 2.26.